The number of carbonyl (C=O) groups excluding carboxylic acids is 2. The smallest absolute Gasteiger partial charge is 0.239 e. The summed E-state index contributed by atoms with van der Waals surface area (Å²) < 4.78 is 1.81. The molecule has 0 saturated carbocycles. The van der Waals surface area contributed by atoms with Crippen LogP contribution in [0.3, 0.4) is 0 Å². The summed E-state index contributed by atoms with van der Waals surface area (Å²) in [5.74, 6) is 0.859. The van der Waals surface area contributed by atoms with Gasteiger partial charge in [0.15, 0.2) is 0 Å². The van der Waals surface area contributed by atoms with E-state index >= 15 is 0 Å². The number of carbonyl (C=O) groups is 2. The number of amides is 2. The zero-order valence-electron chi connectivity index (χ0n) is 17.2. The summed E-state index contributed by atoms with van der Waals surface area (Å²) in [5, 5.41) is 9.32. The van der Waals surface area contributed by atoms with E-state index in [-0.39, 0.29) is 11.8 Å². The second-order valence-electron chi connectivity index (χ2n) is 7.12. The van der Waals surface area contributed by atoms with Gasteiger partial charge in [0, 0.05) is 50.2 Å². The van der Waals surface area contributed by atoms with Gasteiger partial charge in [-0.25, -0.2) is 4.68 Å². The van der Waals surface area contributed by atoms with E-state index in [1.807, 2.05) is 36.3 Å². The van der Waals surface area contributed by atoms with Gasteiger partial charge in [-0.05, 0) is 25.3 Å². The van der Waals surface area contributed by atoms with E-state index in [4.69, 9.17) is 0 Å². The molecule has 1 aliphatic heterocycles. The first-order valence-corrected chi connectivity index (χ1v) is 11.0. The normalized spacial score (nSPS) is 15.4. The highest BCUT2D eigenvalue weighted by Gasteiger charge is 2.22. The van der Waals surface area contributed by atoms with Crippen molar-refractivity contribution in [1.29, 1.82) is 0 Å². The van der Waals surface area contributed by atoms with Crippen molar-refractivity contribution in [3.63, 3.8) is 0 Å². The van der Waals surface area contributed by atoms with E-state index in [1.54, 1.807) is 22.2 Å². The van der Waals surface area contributed by atoms with Crippen LogP contribution in [0.1, 0.15) is 18.7 Å². The summed E-state index contributed by atoms with van der Waals surface area (Å²) in [4.78, 5) is 32.1. The lowest BCUT2D eigenvalue weighted by Crippen LogP contribution is -2.51. The molecule has 3 rings (SSSR count). The van der Waals surface area contributed by atoms with Crippen molar-refractivity contribution >= 4 is 29.0 Å². The fraction of sp³-hybridized carbons (Fsp3) is 0.550. The molecule has 0 spiro atoms. The van der Waals surface area contributed by atoms with Gasteiger partial charge in [0.2, 0.25) is 11.8 Å². The maximum atomic E-state index is 12.5. The van der Waals surface area contributed by atoms with Gasteiger partial charge >= 0.3 is 0 Å². The Labute approximate surface area is 176 Å². The number of nitrogens with zero attached hydrogens (tertiary/aromatic N) is 5. The van der Waals surface area contributed by atoms with Crippen LogP contribution in [0.25, 0.3) is 0 Å². The van der Waals surface area contributed by atoms with Crippen LogP contribution < -0.4 is 5.32 Å². The third-order valence-electron chi connectivity index (χ3n) is 5.18. The minimum absolute atomic E-state index is 0.0365. The summed E-state index contributed by atoms with van der Waals surface area (Å²) in [5.41, 5.74) is 0. The maximum absolute atomic E-state index is 12.5. The van der Waals surface area contributed by atoms with E-state index in [0.717, 1.165) is 39.3 Å². The molecule has 158 valence electrons. The van der Waals surface area contributed by atoms with E-state index in [9.17, 15) is 9.59 Å². The highest BCUT2D eigenvalue weighted by Crippen LogP contribution is 2.14. The zero-order chi connectivity index (χ0) is 20.6. The van der Waals surface area contributed by atoms with Crippen molar-refractivity contribution in [2.45, 2.75) is 20.4 Å². The number of likely N-dealkylation sites (N-methyl/N-ethyl adjacent to an activating group) is 1. The Morgan fingerprint density at radius 3 is 2.41 bits per heavy atom. The number of piperazine rings is 1. The molecule has 1 fully saturated rings. The number of rotatable bonds is 9. The lowest BCUT2D eigenvalue weighted by atomic mass is 10.3. The van der Waals surface area contributed by atoms with Gasteiger partial charge in [0.1, 0.15) is 5.82 Å². The molecule has 3 heterocycles. The number of nitrogens with one attached hydrogen (secondary N) is 1. The lowest BCUT2D eigenvalue weighted by molar-refractivity contribution is -0.132. The average molecular weight is 419 g/mol. The van der Waals surface area contributed by atoms with Gasteiger partial charge in [0.05, 0.1) is 25.8 Å². The predicted molar refractivity (Wildman–Crippen MR) is 115 cm³/mol. The van der Waals surface area contributed by atoms with E-state index in [2.05, 4.69) is 26.3 Å². The van der Waals surface area contributed by atoms with Crippen LogP contribution in [-0.2, 0) is 16.1 Å². The molecule has 2 aromatic heterocycles. The van der Waals surface area contributed by atoms with Crippen LogP contribution in [0, 0.1) is 0 Å². The molecule has 1 N–H and O–H groups in total. The minimum Gasteiger partial charge on any atom is -0.342 e. The molecule has 0 atom stereocenters. The number of aromatic nitrogens is 2. The largest absolute Gasteiger partial charge is 0.342 e. The first kappa shape index (κ1) is 21.5. The number of anilines is 1. The highest BCUT2D eigenvalue weighted by atomic mass is 32.1. The molecule has 8 nitrogen and oxygen atoms in total. The minimum atomic E-state index is -0.0365. The lowest BCUT2D eigenvalue weighted by Gasteiger charge is -2.34. The highest BCUT2D eigenvalue weighted by molar-refractivity contribution is 7.09. The molecule has 0 bridgehead atoms. The molecule has 1 saturated heterocycles. The first-order chi connectivity index (χ1) is 14.1. The molecule has 0 aliphatic carbocycles. The van der Waals surface area contributed by atoms with E-state index < -0.39 is 0 Å². The fourth-order valence-corrected chi connectivity index (χ4v) is 4.16. The molecule has 1 aliphatic rings. The number of hydrogen-bond acceptors (Lipinski definition) is 6. The Balaban J connectivity index is 1.42. The van der Waals surface area contributed by atoms with Gasteiger partial charge in [-0.3, -0.25) is 19.4 Å². The van der Waals surface area contributed by atoms with Crippen molar-refractivity contribution in [3.05, 3.63) is 34.7 Å². The SMILES string of the molecule is CCN(CC)C(=O)CN1CCN(CC(=O)Nc2ccnn2Cc2cccs2)CC1. The predicted octanol–water partition coefficient (Wildman–Crippen LogP) is 1.42. The van der Waals surface area contributed by atoms with Crippen molar-refractivity contribution in [3.8, 4) is 0 Å². The Morgan fingerprint density at radius 1 is 1.10 bits per heavy atom. The summed E-state index contributed by atoms with van der Waals surface area (Å²) in [7, 11) is 0. The zero-order valence-corrected chi connectivity index (χ0v) is 18.0. The Hall–Kier alpha value is -2.23. The maximum Gasteiger partial charge on any atom is 0.239 e. The van der Waals surface area contributed by atoms with Crippen LogP contribution in [0.2, 0.25) is 0 Å². The quantitative estimate of drug-likeness (QED) is 0.667. The third kappa shape index (κ3) is 6.12. The Bertz CT molecular complexity index is 779. The summed E-state index contributed by atoms with van der Waals surface area (Å²) in [6.45, 7) is 10.1. The van der Waals surface area contributed by atoms with Crippen LogP contribution in [-0.4, -0.2) is 88.7 Å². The Kier molecular flexibility index (Phi) is 7.79. The second-order valence-corrected chi connectivity index (χ2v) is 8.15. The van der Waals surface area contributed by atoms with Crippen LogP contribution >= 0.6 is 11.3 Å². The standard InChI is InChI=1S/C20H30N6O2S/c1-3-25(4-2)20(28)16-24-11-9-23(10-12-24)15-19(27)22-18-7-8-21-26(18)14-17-6-5-13-29-17/h5-8,13H,3-4,9-12,14-16H2,1-2H3,(H,22,27). The fourth-order valence-electron chi connectivity index (χ4n) is 3.47. The molecule has 0 aromatic carbocycles. The molecular weight excluding hydrogens is 388 g/mol. The molecule has 2 aromatic rings. The second kappa shape index (κ2) is 10.5. The van der Waals surface area contributed by atoms with Crippen molar-refractivity contribution in [2.75, 3.05) is 57.7 Å². The topological polar surface area (TPSA) is 73.7 Å². The van der Waals surface area contributed by atoms with Crippen molar-refractivity contribution in [2.24, 2.45) is 0 Å². The van der Waals surface area contributed by atoms with Gasteiger partial charge in [-0.1, -0.05) is 6.07 Å². The van der Waals surface area contributed by atoms with Gasteiger partial charge in [0.25, 0.3) is 0 Å². The average Bonchev–Trinajstić information content (AvgIpc) is 3.37. The summed E-state index contributed by atoms with van der Waals surface area (Å²) >= 11 is 1.67. The van der Waals surface area contributed by atoms with Crippen molar-refractivity contribution in [1.82, 2.24) is 24.5 Å². The van der Waals surface area contributed by atoms with Crippen LogP contribution in [0.4, 0.5) is 5.82 Å². The molecule has 9 heteroatoms. The molecule has 2 amide bonds. The molecule has 0 unspecified atom stereocenters. The number of thiophene rings is 1. The van der Waals surface area contributed by atoms with Crippen LogP contribution in [0.5, 0.6) is 0 Å². The van der Waals surface area contributed by atoms with Gasteiger partial charge in [-0.2, -0.15) is 5.10 Å². The summed E-state index contributed by atoms with van der Waals surface area (Å²) in [6.07, 6.45) is 1.70. The summed E-state index contributed by atoms with van der Waals surface area (Å²) in [6, 6.07) is 5.89. The molecule has 29 heavy (non-hydrogen) atoms. The Morgan fingerprint density at radius 2 is 1.79 bits per heavy atom. The number of hydrogen-bond donors (Lipinski definition) is 1. The molecular formula is C20H30N6O2S. The van der Waals surface area contributed by atoms with Crippen molar-refractivity contribution < 1.29 is 9.59 Å². The van der Waals surface area contributed by atoms with Crippen LogP contribution in [0.15, 0.2) is 29.8 Å². The van der Waals surface area contributed by atoms with Gasteiger partial charge < -0.3 is 10.2 Å². The monoisotopic (exact) mass is 418 g/mol. The van der Waals surface area contributed by atoms with Gasteiger partial charge in [-0.15, -0.1) is 11.3 Å². The van der Waals surface area contributed by atoms with E-state index in [1.165, 1.54) is 4.88 Å². The molecule has 0 radical (unpaired) electrons. The van der Waals surface area contributed by atoms with E-state index in [0.29, 0.717) is 25.5 Å². The first-order valence-electron chi connectivity index (χ1n) is 10.2. The third-order valence-corrected chi connectivity index (χ3v) is 6.04.